The third-order valence-corrected chi connectivity index (χ3v) is 5.48. The number of hydrogen-bond donors (Lipinski definition) is 3. The van der Waals surface area contributed by atoms with E-state index < -0.39 is 0 Å². The molecule has 2 aliphatic rings. The second-order valence-electron chi connectivity index (χ2n) is 6.95. The number of piperidine rings is 1. The minimum absolute atomic E-state index is 0.00711. The summed E-state index contributed by atoms with van der Waals surface area (Å²) in [6.45, 7) is -0.250. The molecule has 2 atom stereocenters. The standard InChI is InChI=1S/C18H25N3O2.CH2O2/c1-21-12-3-4-13(21)8-11(7-12)9-17(22)18(20)15-10-14(23-2)5-6-16(15)19;2-1-3/h5-6,10-13,20H,3-4,7-9,19H2,1-2H3;1H,(H,2,3). The van der Waals surface area contributed by atoms with Crippen LogP contribution in [0.15, 0.2) is 18.2 Å². The quantitative estimate of drug-likeness (QED) is 0.420. The number of nitrogens with two attached hydrogens (primary N) is 1. The smallest absolute Gasteiger partial charge is 0.290 e. The molecule has 3 rings (SSSR count). The Labute approximate surface area is 153 Å². The average Bonchev–Trinajstić information content (AvgIpc) is 2.83. The summed E-state index contributed by atoms with van der Waals surface area (Å²) < 4.78 is 5.17. The predicted octanol–water partition coefficient (Wildman–Crippen LogP) is 2.18. The lowest BCUT2D eigenvalue weighted by molar-refractivity contribution is -0.123. The molecule has 7 heteroatoms. The van der Waals surface area contributed by atoms with Gasteiger partial charge in [-0.05, 0) is 56.8 Å². The van der Waals surface area contributed by atoms with Gasteiger partial charge in [-0.1, -0.05) is 0 Å². The Bertz CT molecular complexity index is 663. The molecule has 0 aromatic heterocycles. The number of rotatable bonds is 5. The van der Waals surface area contributed by atoms with Gasteiger partial charge in [0.25, 0.3) is 6.47 Å². The fourth-order valence-electron chi connectivity index (χ4n) is 4.08. The molecule has 0 radical (unpaired) electrons. The first kappa shape index (κ1) is 19.9. The van der Waals surface area contributed by atoms with Crippen molar-refractivity contribution in [2.45, 2.75) is 44.2 Å². The van der Waals surface area contributed by atoms with Crippen LogP contribution >= 0.6 is 0 Å². The van der Waals surface area contributed by atoms with E-state index in [4.69, 9.17) is 25.8 Å². The Morgan fingerprint density at radius 1 is 1.38 bits per heavy atom. The second kappa shape index (κ2) is 8.80. The lowest BCUT2D eigenvalue weighted by atomic mass is 9.85. The van der Waals surface area contributed by atoms with Crippen LogP contribution in [0, 0.1) is 11.3 Å². The molecule has 1 aromatic rings. The number of carbonyl (C=O) groups excluding carboxylic acids is 1. The Balaban J connectivity index is 0.000000758. The van der Waals surface area contributed by atoms with Crippen LogP contribution in [-0.2, 0) is 9.59 Å². The van der Waals surface area contributed by atoms with Gasteiger partial charge >= 0.3 is 0 Å². The van der Waals surface area contributed by atoms with Crippen LogP contribution in [0.3, 0.4) is 0 Å². The van der Waals surface area contributed by atoms with E-state index in [1.54, 1.807) is 25.3 Å². The minimum Gasteiger partial charge on any atom is -0.497 e. The Morgan fingerprint density at radius 2 is 1.96 bits per heavy atom. The molecular weight excluding hydrogens is 334 g/mol. The molecular formula is C19H27N3O4. The number of fused-ring (bicyclic) bond motifs is 2. The highest BCUT2D eigenvalue weighted by molar-refractivity contribution is 6.46. The van der Waals surface area contributed by atoms with Gasteiger partial charge in [-0.15, -0.1) is 0 Å². The largest absolute Gasteiger partial charge is 0.497 e. The van der Waals surface area contributed by atoms with Gasteiger partial charge < -0.3 is 20.5 Å². The summed E-state index contributed by atoms with van der Waals surface area (Å²) >= 11 is 0. The third-order valence-electron chi connectivity index (χ3n) is 5.48. The first-order chi connectivity index (χ1) is 12.4. The van der Waals surface area contributed by atoms with Gasteiger partial charge in [0, 0.05) is 29.8 Å². The summed E-state index contributed by atoms with van der Waals surface area (Å²) in [4.78, 5) is 23.4. The number of Topliss-reactive ketones (excluding diaryl/α,β-unsaturated/α-hetero) is 1. The van der Waals surface area contributed by atoms with Gasteiger partial charge in [0.1, 0.15) is 11.5 Å². The molecule has 1 aromatic carbocycles. The van der Waals surface area contributed by atoms with Crippen LogP contribution in [0.25, 0.3) is 0 Å². The molecule has 142 valence electrons. The van der Waals surface area contributed by atoms with E-state index in [9.17, 15) is 4.79 Å². The normalized spacial score (nSPS) is 24.3. The Morgan fingerprint density at radius 3 is 2.50 bits per heavy atom. The van der Waals surface area contributed by atoms with Crippen molar-refractivity contribution in [1.82, 2.24) is 4.90 Å². The maximum atomic E-state index is 12.5. The van der Waals surface area contributed by atoms with Crippen LogP contribution in [0.2, 0.25) is 0 Å². The highest BCUT2D eigenvalue weighted by Gasteiger charge is 2.39. The van der Waals surface area contributed by atoms with Gasteiger partial charge in [0.2, 0.25) is 0 Å². The number of anilines is 1. The van der Waals surface area contributed by atoms with E-state index >= 15 is 0 Å². The number of methoxy groups -OCH3 is 1. The number of benzene rings is 1. The van der Waals surface area contributed by atoms with Crippen LogP contribution in [-0.4, -0.2) is 54.2 Å². The number of nitrogen functional groups attached to an aromatic ring is 1. The van der Waals surface area contributed by atoms with Gasteiger partial charge in [-0.25, -0.2) is 0 Å². The molecule has 2 fully saturated rings. The first-order valence-corrected chi connectivity index (χ1v) is 8.76. The predicted molar refractivity (Wildman–Crippen MR) is 99.8 cm³/mol. The molecule has 0 amide bonds. The highest BCUT2D eigenvalue weighted by atomic mass is 16.5. The molecule has 26 heavy (non-hydrogen) atoms. The summed E-state index contributed by atoms with van der Waals surface area (Å²) in [5.41, 5.74) is 6.87. The van der Waals surface area contributed by atoms with Crippen molar-refractivity contribution in [1.29, 1.82) is 5.41 Å². The zero-order chi connectivity index (χ0) is 19.3. The SMILES string of the molecule is COc1ccc(N)c(C(=N)C(=O)CC2CC3CCC(C2)N3C)c1.O=CO. The first-order valence-electron chi connectivity index (χ1n) is 8.76. The molecule has 7 nitrogen and oxygen atoms in total. The number of ketones is 1. The fourth-order valence-corrected chi connectivity index (χ4v) is 4.08. The molecule has 2 aliphatic heterocycles. The molecule has 2 bridgehead atoms. The topological polar surface area (TPSA) is 117 Å². The number of nitrogens with zero attached hydrogens (tertiary/aromatic N) is 1. The van der Waals surface area contributed by atoms with Gasteiger partial charge in [0.05, 0.1) is 7.11 Å². The van der Waals surface area contributed by atoms with E-state index in [0.29, 0.717) is 41.4 Å². The molecule has 0 saturated carbocycles. The molecule has 2 saturated heterocycles. The lowest BCUT2D eigenvalue weighted by Gasteiger charge is -2.36. The van der Waals surface area contributed by atoms with Crippen LogP contribution in [0.4, 0.5) is 5.69 Å². The minimum atomic E-state index is -0.250. The van der Waals surface area contributed by atoms with Crippen molar-refractivity contribution in [3.63, 3.8) is 0 Å². The Hall–Kier alpha value is -2.41. The summed E-state index contributed by atoms with van der Waals surface area (Å²) in [6, 6.07) is 6.33. The maximum Gasteiger partial charge on any atom is 0.290 e. The van der Waals surface area contributed by atoms with Crippen LogP contribution in [0.1, 0.15) is 37.7 Å². The Kier molecular flexibility index (Phi) is 6.74. The number of ether oxygens (including phenoxy) is 1. The van der Waals surface area contributed by atoms with Crippen molar-refractivity contribution < 1.29 is 19.4 Å². The van der Waals surface area contributed by atoms with E-state index in [1.165, 1.54) is 12.8 Å². The van der Waals surface area contributed by atoms with E-state index in [-0.39, 0.29) is 18.0 Å². The maximum absolute atomic E-state index is 12.5. The summed E-state index contributed by atoms with van der Waals surface area (Å²) in [6.07, 6.45) is 5.08. The number of hydrogen-bond acceptors (Lipinski definition) is 6. The van der Waals surface area contributed by atoms with Gasteiger partial charge in [0.15, 0.2) is 5.78 Å². The molecule has 0 aliphatic carbocycles. The molecule has 0 spiro atoms. The lowest BCUT2D eigenvalue weighted by Crippen LogP contribution is -2.40. The van der Waals surface area contributed by atoms with E-state index in [0.717, 1.165) is 12.8 Å². The number of carboxylic acid groups (broad SMARTS) is 1. The van der Waals surface area contributed by atoms with Crippen molar-refractivity contribution >= 4 is 23.7 Å². The fraction of sp³-hybridized carbons (Fsp3) is 0.526. The molecule has 4 N–H and O–H groups in total. The monoisotopic (exact) mass is 361 g/mol. The van der Waals surface area contributed by atoms with Crippen molar-refractivity contribution in [2.75, 3.05) is 19.9 Å². The van der Waals surface area contributed by atoms with Crippen LogP contribution < -0.4 is 10.5 Å². The summed E-state index contributed by atoms with van der Waals surface area (Å²) in [7, 11) is 3.76. The van der Waals surface area contributed by atoms with Gasteiger partial charge in [-0.3, -0.25) is 15.0 Å². The van der Waals surface area contributed by atoms with Crippen molar-refractivity contribution in [2.24, 2.45) is 5.92 Å². The second-order valence-corrected chi connectivity index (χ2v) is 6.95. The molecule has 2 unspecified atom stereocenters. The summed E-state index contributed by atoms with van der Waals surface area (Å²) in [5, 5.41) is 15.1. The van der Waals surface area contributed by atoms with E-state index in [2.05, 4.69) is 11.9 Å². The van der Waals surface area contributed by atoms with E-state index in [1.807, 2.05) is 0 Å². The zero-order valence-electron chi connectivity index (χ0n) is 15.3. The van der Waals surface area contributed by atoms with Gasteiger partial charge in [-0.2, -0.15) is 0 Å². The van der Waals surface area contributed by atoms with Crippen molar-refractivity contribution in [3.05, 3.63) is 23.8 Å². The molecule has 2 heterocycles. The zero-order valence-corrected chi connectivity index (χ0v) is 15.3. The number of nitrogens with one attached hydrogen (secondary N) is 1. The average molecular weight is 361 g/mol. The highest BCUT2D eigenvalue weighted by Crippen LogP contribution is 2.38. The number of carbonyl (C=O) groups is 2. The van der Waals surface area contributed by atoms with Crippen LogP contribution in [0.5, 0.6) is 5.75 Å². The van der Waals surface area contributed by atoms with Crippen molar-refractivity contribution in [3.8, 4) is 5.75 Å². The third kappa shape index (κ3) is 4.40. The summed E-state index contributed by atoms with van der Waals surface area (Å²) in [5.74, 6) is 0.895.